The third-order valence-electron chi connectivity index (χ3n) is 10.5. The zero-order valence-corrected chi connectivity index (χ0v) is 53.1. The van der Waals surface area contributed by atoms with Gasteiger partial charge in [0.25, 0.3) is 0 Å². The van der Waals surface area contributed by atoms with Crippen LogP contribution in [0.3, 0.4) is 0 Å². The molecular weight excluding hydrogens is 1150 g/mol. The Hall–Kier alpha value is -3.33. The van der Waals surface area contributed by atoms with Crippen LogP contribution in [-0.4, -0.2) is 135 Å². The van der Waals surface area contributed by atoms with E-state index in [0.29, 0.717) is 30.4 Å². The number of phenolic OH excluding ortho intramolecular Hbond substituents is 2. The van der Waals surface area contributed by atoms with E-state index in [4.69, 9.17) is 20.1 Å². The zero-order chi connectivity index (χ0) is 54.3. The van der Waals surface area contributed by atoms with Crippen LogP contribution in [0.25, 0.3) is 32.3 Å². The molecule has 0 saturated heterocycles. The number of benzene rings is 7. The number of nitrogens with one attached hydrogen (secondary N) is 2. The van der Waals surface area contributed by atoms with Gasteiger partial charge < -0.3 is 59.1 Å². The summed E-state index contributed by atoms with van der Waals surface area (Å²) in [5.74, 6) is -1.84. The Labute approximate surface area is 534 Å². The number of urea groups is 1. The van der Waals surface area contributed by atoms with Gasteiger partial charge in [0, 0.05) is 41.8 Å². The van der Waals surface area contributed by atoms with E-state index < -0.39 is 89.0 Å². The Morgan fingerprint density at radius 2 is 0.936 bits per heavy atom. The summed E-state index contributed by atoms with van der Waals surface area (Å²) in [5.41, 5.74) is -1.58. The summed E-state index contributed by atoms with van der Waals surface area (Å²) in [6, 6.07) is 18.9. The largest absolute Gasteiger partial charge is 1.00 e. The third kappa shape index (κ3) is 18.3. The number of ether oxygens (including phenoxy) is 1. The molecule has 0 unspecified atom stereocenters. The minimum absolute atomic E-state index is 0. The molecule has 0 fully saturated rings. The third-order valence-corrected chi connectivity index (χ3v) is 13.8. The summed E-state index contributed by atoms with van der Waals surface area (Å²) in [5, 5.41) is 68.4. The Kier molecular flexibility index (Phi) is 27.3. The van der Waals surface area contributed by atoms with Crippen molar-refractivity contribution in [2.75, 3.05) is 57.2 Å². The average molecular weight is 1190 g/mol. The van der Waals surface area contributed by atoms with Gasteiger partial charge in [0.1, 0.15) is 63.3 Å². The van der Waals surface area contributed by atoms with Gasteiger partial charge in [-0.3, -0.25) is 4.90 Å². The Balaban J connectivity index is 0.00000135. The first kappa shape index (κ1) is 70.8. The molecule has 26 nitrogen and oxygen atoms in total. The van der Waals surface area contributed by atoms with E-state index in [1.807, 2.05) is 0 Å². The monoisotopic (exact) mass is 1190 g/mol. The normalized spacial score (nSPS) is 11.8. The summed E-state index contributed by atoms with van der Waals surface area (Å²) in [7, 11) is -19.2. The van der Waals surface area contributed by atoms with Gasteiger partial charge in [-0.15, -0.1) is 15.3 Å². The Bertz CT molecular complexity index is 3850. The van der Waals surface area contributed by atoms with Crippen LogP contribution in [0, 0.1) is 0 Å². The van der Waals surface area contributed by atoms with Crippen LogP contribution in [0.15, 0.2) is 143 Å². The molecule has 0 heterocycles. The van der Waals surface area contributed by atoms with Gasteiger partial charge in [0.2, 0.25) is 0 Å². The van der Waals surface area contributed by atoms with Crippen molar-refractivity contribution in [2.24, 2.45) is 20.5 Å². The van der Waals surface area contributed by atoms with E-state index in [1.54, 1.807) is 4.90 Å². The fraction of sp³-hybridized carbons (Fsp3) is 0.159. The SMILES string of the molecule is COc1cc(S(=O)(=O)[O-])ccc1N=Nc1c(S(=O)(=O)[O-])cc2cc(NC(=O)Nc3ccc4c(O)c(N=Nc5ccc6cc(S(=O)(=O)[O-])ccc6c5)c(S(=O)(=O)[O-])cc4c3)ccc2c1O.OCCN(CCO)CCO.[Na+].[Na+].[Na+].[Na+]. The van der Waals surface area contributed by atoms with Crippen LogP contribution in [-0.2, 0) is 40.5 Å². The molecule has 34 heteroatoms. The van der Waals surface area contributed by atoms with Gasteiger partial charge in [-0.2, -0.15) is 5.11 Å². The number of carbonyl (C=O) groups is 1. The van der Waals surface area contributed by atoms with E-state index in [0.717, 1.165) is 49.6 Å². The number of aromatic hydroxyl groups is 2. The number of hydrogen-bond acceptors (Lipinski definition) is 24. The maximum Gasteiger partial charge on any atom is 1.00 e. The number of rotatable bonds is 17. The second kappa shape index (κ2) is 30.1. The van der Waals surface area contributed by atoms with Crippen molar-refractivity contribution in [3.05, 3.63) is 103 Å². The maximum absolute atomic E-state index is 13.1. The molecule has 0 aliphatic rings. The molecule has 0 aliphatic heterocycles. The number of fused-ring (bicyclic) bond motifs is 3. The van der Waals surface area contributed by atoms with E-state index in [-0.39, 0.29) is 188 Å². The summed E-state index contributed by atoms with van der Waals surface area (Å²) < 4.78 is 147. The minimum atomic E-state index is -5.36. The van der Waals surface area contributed by atoms with Crippen molar-refractivity contribution in [3.8, 4) is 17.2 Å². The molecule has 7 aromatic carbocycles. The molecule has 7 rings (SSSR count). The summed E-state index contributed by atoms with van der Waals surface area (Å²) in [4.78, 5) is 11.8. The van der Waals surface area contributed by atoms with Crippen molar-refractivity contribution in [3.63, 3.8) is 0 Å². The predicted octanol–water partition coefficient (Wildman–Crippen LogP) is -7.06. The summed E-state index contributed by atoms with van der Waals surface area (Å²) >= 11 is 0. The smallest absolute Gasteiger partial charge is 0.744 e. The van der Waals surface area contributed by atoms with E-state index in [9.17, 15) is 66.9 Å². The molecule has 0 bridgehead atoms. The maximum atomic E-state index is 13.1. The van der Waals surface area contributed by atoms with Crippen molar-refractivity contribution in [2.45, 2.75) is 19.6 Å². The van der Waals surface area contributed by atoms with Gasteiger partial charge in [-0.25, -0.2) is 38.5 Å². The van der Waals surface area contributed by atoms with Gasteiger partial charge >= 0.3 is 124 Å². The van der Waals surface area contributed by atoms with Crippen LogP contribution < -0.4 is 134 Å². The number of phenols is 2. The molecule has 7 aromatic rings. The molecule has 0 spiro atoms. The molecule has 78 heavy (non-hydrogen) atoms. The van der Waals surface area contributed by atoms with Gasteiger partial charge in [-0.05, 0) is 113 Å². The van der Waals surface area contributed by atoms with Crippen LogP contribution in [0.4, 0.5) is 38.9 Å². The predicted molar refractivity (Wildman–Crippen MR) is 259 cm³/mol. The summed E-state index contributed by atoms with van der Waals surface area (Å²) in [6.45, 7) is 1.75. The first-order valence-electron chi connectivity index (χ1n) is 20.9. The minimum Gasteiger partial charge on any atom is -0.744 e. The van der Waals surface area contributed by atoms with E-state index in [1.165, 1.54) is 60.7 Å². The van der Waals surface area contributed by atoms with Crippen LogP contribution in [0.1, 0.15) is 0 Å². The van der Waals surface area contributed by atoms with Crippen molar-refractivity contribution < 1.29 is 205 Å². The number of carbonyl (C=O) groups excluding carboxylic acids is 1. The topological polar surface area (TPSA) is 433 Å². The van der Waals surface area contributed by atoms with Crippen molar-refractivity contribution in [1.82, 2.24) is 4.90 Å². The number of anilines is 2. The number of aliphatic hydroxyl groups is 3. The standard InChI is InChI=1S/C38H28N6O16S4.C6H15NO3.4Na/c1-60-31-18-27(62(51,52)53)8-11-30(31)42-44-35-33(64(57,58)59)17-22-14-24(6-10-29(22)37(35)46)40-38(47)39-23-5-9-28-21(13-23)16-32(63(54,55)56)34(36(28)45)43-41-25-4-2-20-15-26(61(48,49)50)7-3-19(20)12-25;8-4-1-7(2-5-9)3-6-10;;;;/h2-18,45-46H,1H3,(H2,39,40,47)(H,48,49,50)(H,51,52,53)(H,54,55,56)(H,57,58,59);8-10H,1-6H2;;;;/q;;4*+1/p-4. The van der Waals surface area contributed by atoms with Crippen LogP contribution in [0.5, 0.6) is 17.2 Å². The molecular formula is C44H39N7Na4O19S4. The average Bonchev–Trinajstić information content (AvgIpc) is 3.32. The molecule has 2 amide bonds. The molecule has 7 N–H and O–H groups in total. The second-order valence-corrected chi connectivity index (χ2v) is 20.8. The first-order chi connectivity index (χ1) is 34.7. The number of nitrogens with zero attached hydrogens (tertiary/aromatic N) is 5. The second-order valence-electron chi connectivity index (χ2n) is 15.4. The number of methoxy groups -OCH3 is 1. The molecule has 0 aliphatic carbocycles. The number of azo groups is 2. The van der Waals surface area contributed by atoms with E-state index in [2.05, 4.69) is 31.1 Å². The molecule has 0 radical (unpaired) electrons. The fourth-order valence-electron chi connectivity index (χ4n) is 7.02. The van der Waals surface area contributed by atoms with Gasteiger partial charge in [0.05, 0.1) is 52.2 Å². The molecule has 392 valence electrons. The molecule has 0 atom stereocenters. The molecule has 0 aromatic heterocycles. The zero-order valence-electron chi connectivity index (χ0n) is 41.9. The van der Waals surface area contributed by atoms with Crippen LogP contribution in [0.2, 0.25) is 0 Å². The van der Waals surface area contributed by atoms with Crippen molar-refractivity contribution in [1.29, 1.82) is 0 Å². The number of aliphatic hydroxyl groups excluding tert-OH is 3. The number of amides is 2. The number of hydrogen-bond donors (Lipinski definition) is 7. The quantitative estimate of drug-likeness (QED) is 0.0253. The van der Waals surface area contributed by atoms with E-state index >= 15 is 0 Å². The Morgan fingerprint density at radius 1 is 0.513 bits per heavy atom. The van der Waals surface area contributed by atoms with Gasteiger partial charge in [0.15, 0.2) is 11.5 Å². The Morgan fingerprint density at radius 3 is 1.37 bits per heavy atom. The summed E-state index contributed by atoms with van der Waals surface area (Å²) in [6.07, 6.45) is 0. The molecule has 0 saturated carbocycles. The first-order valence-corrected chi connectivity index (χ1v) is 26.5. The van der Waals surface area contributed by atoms with Gasteiger partial charge in [-0.1, -0.05) is 12.1 Å². The van der Waals surface area contributed by atoms with Crippen molar-refractivity contribution >= 4 is 113 Å². The van der Waals surface area contributed by atoms with Crippen LogP contribution >= 0.6 is 0 Å². The fourth-order valence-corrected chi connectivity index (χ4v) is 9.31.